The normalized spacial score (nSPS) is 11.5. The minimum Gasteiger partial charge on any atom is -0.275 e. The van der Waals surface area contributed by atoms with E-state index in [0.717, 1.165) is 11.1 Å². The first-order chi connectivity index (χ1) is 12.8. The Hall–Kier alpha value is -3.04. The Balaban J connectivity index is 1.82. The van der Waals surface area contributed by atoms with Crippen LogP contribution in [0.1, 0.15) is 11.1 Å². The second-order valence-corrected chi connectivity index (χ2v) is 7.89. The van der Waals surface area contributed by atoms with Crippen LogP contribution in [0.5, 0.6) is 0 Å². The van der Waals surface area contributed by atoms with Crippen LogP contribution >= 0.6 is 0 Å². The number of aryl methyl sites for hydroxylation is 2. The number of aromatic nitrogens is 2. The molecule has 1 aromatic heterocycles. The van der Waals surface area contributed by atoms with Gasteiger partial charge in [-0.2, -0.15) is 5.10 Å². The summed E-state index contributed by atoms with van der Waals surface area (Å²) in [6.07, 6.45) is 3.33. The van der Waals surface area contributed by atoms with E-state index in [4.69, 9.17) is 0 Å². The largest absolute Gasteiger partial charge is 0.275 e. The summed E-state index contributed by atoms with van der Waals surface area (Å²) in [6, 6.07) is 10.9. The van der Waals surface area contributed by atoms with Gasteiger partial charge in [0.25, 0.3) is 5.69 Å². The molecule has 1 heterocycles. The number of hydrogen-bond acceptors (Lipinski definition) is 5. The first kappa shape index (κ1) is 18.7. The molecule has 140 valence electrons. The summed E-state index contributed by atoms with van der Waals surface area (Å²) in [7, 11) is -1.92. The van der Waals surface area contributed by atoms with Gasteiger partial charge in [-0.3, -0.25) is 14.8 Å². The second kappa shape index (κ2) is 7.29. The van der Waals surface area contributed by atoms with E-state index in [9.17, 15) is 18.5 Å². The standard InChI is InChI=1S/C18H18N4O4S/c1-13-3-6-16(22(23)24)9-18(13)15-4-7-17(8-5-15)27(25,26)20-11-14-10-19-21(2)12-14/h3-10,12,20H,11H2,1-2H3. The molecule has 0 atom stereocenters. The molecule has 0 radical (unpaired) electrons. The lowest BCUT2D eigenvalue weighted by atomic mass is 10.00. The Morgan fingerprint density at radius 3 is 2.48 bits per heavy atom. The summed E-state index contributed by atoms with van der Waals surface area (Å²) in [5.41, 5.74) is 3.01. The predicted octanol–water partition coefficient (Wildman–Crippen LogP) is 2.78. The maximum Gasteiger partial charge on any atom is 0.270 e. The second-order valence-electron chi connectivity index (χ2n) is 6.13. The van der Waals surface area contributed by atoms with Gasteiger partial charge in [0.1, 0.15) is 0 Å². The van der Waals surface area contributed by atoms with E-state index in [0.29, 0.717) is 11.1 Å². The predicted molar refractivity (Wildman–Crippen MR) is 101 cm³/mol. The molecule has 0 unspecified atom stereocenters. The van der Waals surface area contributed by atoms with Gasteiger partial charge in [0, 0.05) is 37.5 Å². The van der Waals surface area contributed by atoms with Crippen molar-refractivity contribution in [2.24, 2.45) is 7.05 Å². The molecule has 2 aromatic carbocycles. The summed E-state index contributed by atoms with van der Waals surface area (Å²) in [5, 5.41) is 15.0. The van der Waals surface area contributed by atoms with Crippen molar-refractivity contribution in [2.45, 2.75) is 18.4 Å². The zero-order chi connectivity index (χ0) is 19.6. The average Bonchev–Trinajstić information content (AvgIpc) is 3.06. The first-order valence-corrected chi connectivity index (χ1v) is 9.57. The lowest BCUT2D eigenvalue weighted by Crippen LogP contribution is -2.23. The van der Waals surface area contributed by atoms with Crippen molar-refractivity contribution < 1.29 is 13.3 Å². The molecule has 0 saturated heterocycles. The molecule has 3 rings (SSSR count). The molecule has 0 aliphatic rings. The fourth-order valence-electron chi connectivity index (χ4n) is 2.67. The SMILES string of the molecule is Cc1ccc([N+](=O)[O-])cc1-c1ccc(S(=O)(=O)NCc2cnn(C)c2)cc1. The van der Waals surface area contributed by atoms with Gasteiger partial charge in [-0.25, -0.2) is 13.1 Å². The number of nitro groups is 1. The Kier molecular flexibility index (Phi) is 5.06. The highest BCUT2D eigenvalue weighted by atomic mass is 32.2. The van der Waals surface area contributed by atoms with Crippen LogP contribution in [0.3, 0.4) is 0 Å². The fourth-order valence-corrected chi connectivity index (χ4v) is 3.69. The number of sulfonamides is 1. The van der Waals surface area contributed by atoms with E-state index in [-0.39, 0.29) is 17.1 Å². The molecule has 0 saturated carbocycles. The third kappa shape index (κ3) is 4.21. The Labute approximate surface area is 156 Å². The summed E-state index contributed by atoms with van der Waals surface area (Å²) in [5.74, 6) is 0. The van der Waals surface area contributed by atoms with Crippen LogP contribution in [0.15, 0.2) is 59.8 Å². The maximum atomic E-state index is 12.4. The van der Waals surface area contributed by atoms with Crippen molar-refractivity contribution in [3.63, 3.8) is 0 Å². The van der Waals surface area contributed by atoms with Gasteiger partial charge in [0.2, 0.25) is 10.0 Å². The zero-order valence-electron chi connectivity index (χ0n) is 14.8. The van der Waals surface area contributed by atoms with Crippen molar-refractivity contribution in [3.05, 3.63) is 76.1 Å². The number of nitrogens with one attached hydrogen (secondary N) is 1. The molecule has 0 amide bonds. The minimum absolute atomic E-state index is 0.00886. The van der Waals surface area contributed by atoms with Crippen LogP contribution in [0.4, 0.5) is 5.69 Å². The van der Waals surface area contributed by atoms with Crippen LogP contribution in [0.25, 0.3) is 11.1 Å². The minimum atomic E-state index is -3.68. The molecule has 0 aliphatic heterocycles. The van der Waals surface area contributed by atoms with Crippen molar-refractivity contribution in [3.8, 4) is 11.1 Å². The zero-order valence-corrected chi connectivity index (χ0v) is 15.6. The highest BCUT2D eigenvalue weighted by molar-refractivity contribution is 7.89. The first-order valence-electron chi connectivity index (χ1n) is 8.09. The van der Waals surface area contributed by atoms with Gasteiger partial charge in [0.15, 0.2) is 0 Å². The molecule has 0 spiro atoms. The molecule has 27 heavy (non-hydrogen) atoms. The molecular weight excluding hydrogens is 368 g/mol. The van der Waals surface area contributed by atoms with Gasteiger partial charge in [-0.05, 0) is 35.7 Å². The lowest BCUT2D eigenvalue weighted by molar-refractivity contribution is -0.384. The number of non-ortho nitro benzene ring substituents is 1. The van der Waals surface area contributed by atoms with Crippen LogP contribution in [-0.4, -0.2) is 23.1 Å². The van der Waals surface area contributed by atoms with Gasteiger partial charge in [0.05, 0.1) is 16.0 Å². The van der Waals surface area contributed by atoms with Gasteiger partial charge < -0.3 is 0 Å². The maximum absolute atomic E-state index is 12.4. The van der Waals surface area contributed by atoms with Gasteiger partial charge in [-0.1, -0.05) is 18.2 Å². The van der Waals surface area contributed by atoms with E-state index in [1.807, 2.05) is 6.92 Å². The van der Waals surface area contributed by atoms with Crippen molar-refractivity contribution in [1.29, 1.82) is 0 Å². The van der Waals surface area contributed by atoms with Crippen LogP contribution in [0, 0.1) is 17.0 Å². The lowest BCUT2D eigenvalue weighted by Gasteiger charge is -2.09. The quantitative estimate of drug-likeness (QED) is 0.518. The average molecular weight is 386 g/mol. The third-order valence-electron chi connectivity index (χ3n) is 4.13. The summed E-state index contributed by atoms with van der Waals surface area (Å²) >= 11 is 0. The van der Waals surface area contributed by atoms with Crippen LogP contribution < -0.4 is 4.72 Å². The molecule has 0 fully saturated rings. The van der Waals surface area contributed by atoms with E-state index >= 15 is 0 Å². The summed E-state index contributed by atoms with van der Waals surface area (Å²) in [6.45, 7) is 1.99. The van der Waals surface area contributed by atoms with E-state index in [1.165, 1.54) is 24.3 Å². The number of nitrogens with zero attached hydrogens (tertiary/aromatic N) is 3. The van der Waals surface area contributed by atoms with Gasteiger partial charge >= 0.3 is 0 Å². The third-order valence-corrected chi connectivity index (χ3v) is 5.55. The molecule has 1 N–H and O–H groups in total. The summed E-state index contributed by atoms with van der Waals surface area (Å²) < 4.78 is 29.0. The van der Waals surface area contributed by atoms with Crippen molar-refractivity contribution in [2.75, 3.05) is 0 Å². The number of nitro benzene ring substituents is 1. The van der Waals surface area contributed by atoms with Crippen LogP contribution in [0.2, 0.25) is 0 Å². The molecule has 3 aromatic rings. The van der Waals surface area contributed by atoms with Crippen molar-refractivity contribution >= 4 is 15.7 Å². The number of hydrogen-bond donors (Lipinski definition) is 1. The molecular formula is C18H18N4O4S. The van der Waals surface area contributed by atoms with Crippen molar-refractivity contribution in [1.82, 2.24) is 14.5 Å². The highest BCUT2D eigenvalue weighted by Gasteiger charge is 2.15. The fraction of sp³-hybridized carbons (Fsp3) is 0.167. The summed E-state index contributed by atoms with van der Waals surface area (Å²) in [4.78, 5) is 10.7. The Morgan fingerprint density at radius 2 is 1.89 bits per heavy atom. The van der Waals surface area contributed by atoms with E-state index in [2.05, 4.69) is 9.82 Å². The smallest absolute Gasteiger partial charge is 0.270 e. The highest BCUT2D eigenvalue weighted by Crippen LogP contribution is 2.28. The molecule has 0 aliphatic carbocycles. The molecule has 9 heteroatoms. The number of rotatable bonds is 6. The monoisotopic (exact) mass is 386 g/mol. The van der Waals surface area contributed by atoms with Crippen LogP contribution in [-0.2, 0) is 23.6 Å². The van der Waals surface area contributed by atoms with E-state index in [1.54, 1.807) is 42.3 Å². The Morgan fingerprint density at radius 1 is 1.19 bits per heavy atom. The topological polar surface area (TPSA) is 107 Å². The van der Waals surface area contributed by atoms with E-state index < -0.39 is 14.9 Å². The van der Waals surface area contributed by atoms with Gasteiger partial charge in [-0.15, -0.1) is 0 Å². The number of benzene rings is 2. The molecule has 8 nitrogen and oxygen atoms in total. The molecule has 0 bridgehead atoms. The Bertz CT molecular complexity index is 1090.